The van der Waals surface area contributed by atoms with E-state index in [1.807, 2.05) is 54.8 Å². The molecule has 1 aliphatic heterocycles. The van der Waals surface area contributed by atoms with E-state index in [1.54, 1.807) is 37.7 Å². The number of rotatable bonds is 9. The quantitative estimate of drug-likeness (QED) is 0.271. The number of hydrogen-bond donors (Lipinski definition) is 1. The van der Waals surface area contributed by atoms with E-state index < -0.39 is 11.9 Å². The minimum Gasteiger partial charge on any atom is -0.497 e. The van der Waals surface area contributed by atoms with Crippen LogP contribution in [0.4, 0.5) is 0 Å². The van der Waals surface area contributed by atoms with Gasteiger partial charge in [-0.25, -0.2) is 4.79 Å². The summed E-state index contributed by atoms with van der Waals surface area (Å²) in [7, 11) is 3.16. The third-order valence-corrected chi connectivity index (χ3v) is 8.10. The first-order valence-electron chi connectivity index (χ1n) is 12.8. The Morgan fingerprint density at radius 3 is 2.51 bits per heavy atom. The second-order valence-electron chi connectivity index (χ2n) is 9.44. The van der Waals surface area contributed by atoms with E-state index in [0.717, 1.165) is 5.70 Å². The van der Waals surface area contributed by atoms with Gasteiger partial charge in [-0.05, 0) is 55.1 Å². The molecule has 2 aliphatic rings. The Hall–Kier alpha value is -4.04. The number of esters is 1. The molecule has 0 radical (unpaired) electrons. The van der Waals surface area contributed by atoms with Gasteiger partial charge in [0.25, 0.3) is 0 Å². The molecule has 0 unspecified atom stereocenters. The average molecular weight is 546 g/mol. The van der Waals surface area contributed by atoms with Crippen LogP contribution < -0.4 is 19.5 Å². The Morgan fingerprint density at radius 1 is 0.974 bits per heavy atom. The summed E-state index contributed by atoms with van der Waals surface area (Å²) in [6.07, 6.45) is 1.05. The van der Waals surface area contributed by atoms with Gasteiger partial charge in [0.05, 0.1) is 25.7 Å². The minimum absolute atomic E-state index is 0.00207. The molecule has 1 aliphatic carbocycles. The molecule has 8 heteroatoms. The lowest BCUT2D eigenvalue weighted by Gasteiger charge is -2.36. The molecule has 5 rings (SSSR count). The van der Waals surface area contributed by atoms with Crippen molar-refractivity contribution >= 4 is 23.1 Å². The van der Waals surface area contributed by atoms with Crippen molar-refractivity contribution in [1.82, 2.24) is 5.32 Å². The number of thiophene rings is 1. The van der Waals surface area contributed by atoms with E-state index in [9.17, 15) is 9.59 Å². The Bertz CT molecular complexity index is 1410. The molecule has 3 aromatic rings. The molecule has 39 heavy (non-hydrogen) atoms. The first kappa shape index (κ1) is 26.6. The van der Waals surface area contributed by atoms with Gasteiger partial charge in [-0.15, -0.1) is 11.3 Å². The Balaban J connectivity index is 1.48. The summed E-state index contributed by atoms with van der Waals surface area (Å²) in [5.41, 5.74) is 3.12. The molecule has 2 heterocycles. The minimum atomic E-state index is -0.661. The molecule has 0 fully saturated rings. The standard InChI is InChI=1S/C31H31NO6S/c1-19-28(31(34)38-14-13-37-21-8-5-4-6-9-21)29(23-18-22(35-2)11-12-26(23)36-3)30-24(32-19)16-20(17-25(30)33)27-10-7-15-39-27/h4-12,15,18,20,29,32H,13-14,16-17H2,1-3H3/t20-,29-/m1/s1. The SMILES string of the molecule is COc1ccc(OC)c([C@@H]2C(C(=O)OCCOc3ccccc3)=C(C)NC3=C2C(=O)C[C@H](c2cccs2)C3)c1. The normalized spacial score (nSPS) is 18.8. The predicted molar refractivity (Wildman–Crippen MR) is 149 cm³/mol. The zero-order valence-electron chi connectivity index (χ0n) is 22.2. The predicted octanol–water partition coefficient (Wildman–Crippen LogP) is 5.75. The molecule has 2 atom stereocenters. The molecular weight excluding hydrogens is 514 g/mol. The van der Waals surface area contributed by atoms with E-state index in [-0.39, 0.29) is 24.9 Å². The van der Waals surface area contributed by atoms with Crippen molar-refractivity contribution in [3.05, 3.63) is 99.0 Å². The Morgan fingerprint density at radius 2 is 1.79 bits per heavy atom. The molecule has 0 amide bonds. The highest BCUT2D eigenvalue weighted by Crippen LogP contribution is 2.48. The number of para-hydroxylation sites is 1. The Labute approximate surface area is 232 Å². The summed E-state index contributed by atoms with van der Waals surface area (Å²) in [6, 6.07) is 18.9. The number of benzene rings is 2. The summed E-state index contributed by atoms with van der Waals surface area (Å²) >= 11 is 1.66. The van der Waals surface area contributed by atoms with E-state index in [1.165, 1.54) is 4.88 Å². The molecule has 0 bridgehead atoms. The number of dihydropyridines is 1. The number of carbonyl (C=O) groups excluding carboxylic acids is 2. The number of hydrogen-bond acceptors (Lipinski definition) is 8. The Kier molecular flexibility index (Phi) is 8.02. The zero-order valence-corrected chi connectivity index (χ0v) is 23.0. The van der Waals surface area contributed by atoms with E-state index in [4.69, 9.17) is 18.9 Å². The van der Waals surface area contributed by atoms with Crippen LogP contribution in [0.1, 0.15) is 42.0 Å². The van der Waals surface area contributed by atoms with Crippen LogP contribution in [0, 0.1) is 0 Å². The smallest absolute Gasteiger partial charge is 0.336 e. The van der Waals surface area contributed by atoms with Gasteiger partial charge in [-0.1, -0.05) is 24.3 Å². The topological polar surface area (TPSA) is 83.1 Å². The maximum atomic E-state index is 13.8. The maximum Gasteiger partial charge on any atom is 0.336 e. The molecule has 0 spiro atoms. The van der Waals surface area contributed by atoms with Crippen molar-refractivity contribution in [2.75, 3.05) is 27.4 Å². The van der Waals surface area contributed by atoms with Crippen LogP contribution in [0.25, 0.3) is 0 Å². The molecule has 202 valence electrons. The van der Waals surface area contributed by atoms with E-state index in [2.05, 4.69) is 11.4 Å². The van der Waals surface area contributed by atoms with Crippen LogP contribution in [-0.4, -0.2) is 39.2 Å². The van der Waals surface area contributed by atoms with Gasteiger partial charge in [-0.2, -0.15) is 0 Å². The van der Waals surface area contributed by atoms with Gasteiger partial charge in [0.1, 0.15) is 30.5 Å². The first-order chi connectivity index (χ1) is 19.0. The molecule has 0 saturated heterocycles. The summed E-state index contributed by atoms with van der Waals surface area (Å²) in [6.45, 7) is 2.12. The number of ketones is 1. The highest BCUT2D eigenvalue weighted by Gasteiger charge is 2.42. The highest BCUT2D eigenvalue weighted by atomic mass is 32.1. The fourth-order valence-electron chi connectivity index (χ4n) is 5.30. The van der Waals surface area contributed by atoms with Gasteiger partial charge in [-0.3, -0.25) is 4.79 Å². The molecule has 0 saturated carbocycles. The monoisotopic (exact) mass is 545 g/mol. The lowest BCUT2D eigenvalue weighted by Crippen LogP contribution is -2.36. The maximum absolute atomic E-state index is 13.8. The lowest BCUT2D eigenvalue weighted by atomic mass is 9.72. The van der Waals surface area contributed by atoms with Crippen molar-refractivity contribution < 1.29 is 28.5 Å². The van der Waals surface area contributed by atoms with Crippen LogP contribution in [0.2, 0.25) is 0 Å². The van der Waals surface area contributed by atoms with Crippen LogP contribution in [0.15, 0.2) is 88.6 Å². The van der Waals surface area contributed by atoms with Gasteiger partial charge in [0, 0.05) is 39.7 Å². The van der Waals surface area contributed by atoms with Crippen LogP contribution in [-0.2, 0) is 14.3 Å². The first-order valence-corrected chi connectivity index (χ1v) is 13.7. The molecule has 1 N–H and O–H groups in total. The average Bonchev–Trinajstić information content (AvgIpc) is 3.50. The third kappa shape index (κ3) is 5.56. The number of methoxy groups -OCH3 is 2. The number of allylic oxidation sites excluding steroid dienone is 3. The molecular formula is C31H31NO6S. The summed E-state index contributed by atoms with van der Waals surface area (Å²) in [4.78, 5) is 28.6. The summed E-state index contributed by atoms with van der Waals surface area (Å²) < 4.78 is 22.6. The summed E-state index contributed by atoms with van der Waals surface area (Å²) in [5, 5.41) is 5.42. The summed E-state index contributed by atoms with van der Waals surface area (Å²) in [5.74, 6) is 0.790. The fourth-order valence-corrected chi connectivity index (χ4v) is 6.13. The number of Topliss-reactive ketones (excluding diaryl/α,β-unsaturated/α-hetero) is 1. The number of carbonyl (C=O) groups is 2. The number of nitrogens with one attached hydrogen (secondary N) is 1. The van der Waals surface area contributed by atoms with Gasteiger partial charge in [0.15, 0.2) is 5.78 Å². The van der Waals surface area contributed by atoms with Crippen LogP contribution >= 0.6 is 11.3 Å². The van der Waals surface area contributed by atoms with Crippen LogP contribution in [0.5, 0.6) is 17.2 Å². The van der Waals surface area contributed by atoms with Crippen LogP contribution in [0.3, 0.4) is 0 Å². The van der Waals surface area contributed by atoms with Crippen molar-refractivity contribution in [2.24, 2.45) is 0 Å². The molecule has 7 nitrogen and oxygen atoms in total. The molecule has 2 aromatic carbocycles. The largest absolute Gasteiger partial charge is 0.497 e. The lowest BCUT2D eigenvalue weighted by molar-refractivity contribution is -0.140. The van der Waals surface area contributed by atoms with Gasteiger partial charge < -0.3 is 24.3 Å². The van der Waals surface area contributed by atoms with Crippen molar-refractivity contribution in [2.45, 2.75) is 31.6 Å². The van der Waals surface area contributed by atoms with Gasteiger partial charge in [0.2, 0.25) is 0 Å². The molecule has 1 aromatic heterocycles. The second-order valence-corrected chi connectivity index (χ2v) is 10.4. The third-order valence-electron chi connectivity index (χ3n) is 7.07. The van der Waals surface area contributed by atoms with Crippen molar-refractivity contribution in [3.63, 3.8) is 0 Å². The van der Waals surface area contributed by atoms with E-state index in [0.29, 0.717) is 52.5 Å². The highest BCUT2D eigenvalue weighted by molar-refractivity contribution is 7.10. The van der Waals surface area contributed by atoms with Gasteiger partial charge >= 0.3 is 5.97 Å². The second kappa shape index (κ2) is 11.8. The zero-order chi connectivity index (χ0) is 27.4. The van der Waals surface area contributed by atoms with Crippen molar-refractivity contribution in [1.29, 1.82) is 0 Å². The van der Waals surface area contributed by atoms with Crippen molar-refractivity contribution in [3.8, 4) is 17.2 Å². The van der Waals surface area contributed by atoms with E-state index >= 15 is 0 Å². The number of ether oxygens (including phenoxy) is 4. The fraction of sp³-hybridized carbons (Fsp3) is 0.290.